The maximum atomic E-state index is 12.5. The lowest BCUT2D eigenvalue weighted by molar-refractivity contribution is -0.129. The van der Waals surface area contributed by atoms with E-state index < -0.39 is 0 Å². The molecule has 3 rings (SSSR count). The van der Waals surface area contributed by atoms with Crippen LogP contribution < -0.4 is 5.32 Å². The zero-order valence-corrected chi connectivity index (χ0v) is 12.8. The molecule has 1 aromatic heterocycles. The number of nitrogens with one attached hydrogen (secondary N) is 1. The SMILES string of the molecule is O=C(NCCc1ccccn1)[C@@H]1CCC[C@H]2CCCC[C@@H]21. The first-order chi connectivity index (χ1) is 10.3. The minimum atomic E-state index is 0.271. The molecule has 0 bridgehead atoms. The number of fused-ring (bicyclic) bond motifs is 1. The van der Waals surface area contributed by atoms with Gasteiger partial charge in [0.1, 0.15) is 0 Å². The van der Waals surface area contributed by atoms with Gasteiger partial charge in [0.2, 0.25) is 5.91 Å². The highest BCUT2D eigenvalue weighted by atomic mass is 16.1. The van der Waals surface area contributed by atoms with Gasteiger partial charge < -0.3 is 5.32 Å². The molecule has 2 fully saturated rings. The van der Waals surface area contributed by atoms with E-state index in [1.807, 2.05) is 24.4 Å². The fraction of sp³-hybridized carbons (Fsp3) is 0.667. The van der Waals surface area contributed by atoms with Gasteiger partial charge in [0, 0.05) is 30.8 Å². The maximum Gasteiger partial charge on any atom is 0.223 e. The van der Waals surface area contributed by atoms with Crippen LogP contribution in [0.15, 0.2) is 24.4 Å². The number of rotatable bonds is 4. The Morgan fingerprint density at radius 1 is 1.14 bits per heavy atom. The van der Waals surface area contributed by atoms with Crippen LogP contribution in [-0.4, -0.2) is 17.4 Å². The van der Waals surface area contributed by atoms with E-state index in [9.17, 15) is 4.79 Å². The highest BCUT2D eigenvalue weighted by molar-refractivity contribution is 5.79. The number of hydrogen-bond donors (Lipinski definition) is 1. The number of pyridine rings is 1. The highest BCUT2D eigenvalue weighted by Crippen LogP contribution is 2.43. The van der Waals surface area contributed by atoms with Crippen molar-refractivity contribution in [3.05, 3.63) is 30.1 Å². The molecule has 0 unspecified atom stereocenters. The zero-order chi connectivity index (χ0) is 14.5. The molecule has 1 N–H and O–H groups in total. The summed E-state index contributed by atoms with van der Waals surface area (Å²) in [6.07, 6.45) is 11.6. The monoisotopic (exact) mass is 286 g/mol. The summed E-state index contributed by atoms with van der Waals surface area (Å²) in [7, 11) is 0. The van der Waals surface area contributed by atoms with Crippen molar-refractivity contribution in [3.63, 3.8) is 0 Å². The molecule has 0 saturated heterocycles. The maximum absolute atomic E-state index is 12.5. The molecule has 1 amide bonds. The van der Waals surface area contributed by atoms with Gasteiger partial charge in [-0.2, -0.15) is 0 Å². The number of carbonyl (C=O) groups is 1. The first-order valence-corrected chi connectivity index (χ1v) is 8.52. The van der Waals surface area contributed by atoms with Crippen molar-refractivity contribution >= 4 is 5.91 Å². The second kappa shape index (κ2) is 7.06. The smallest absolute Gasteiger partial charge is 0.223 e. The zero-order valence-electron chi connectivity index (χ0n) is 12.8. The molecular formula is C18H26N2O. The quantitative estimate of drug-likeness (QED) is 0.922. The van der Waals surface area contributed by atoms with Crippen molar-refractivity contribution < 1.29 is 4.79 Å². The normalized spacial score (nSPS) is 28.7. The Balaban J connectivity index is 1.50. The number of aromatic nitrogens is 1. The average Bonchev–Trinajstić information content (AvgIpc) is 2.55. The molecule has 0 radical (unpaired) electrons. The molecule has 3 heteroatoms. The van der Waals surface area contributed by atoms with Gasteiger partial charge >= 0.3 is 0 Å². The minimum absolute atomic E-state index is 0.271. The predicted molar refractivity (Wildman–Crippen MR) is 83.7 cm³/mol. The Kier molecular flexibility index (Phi) is 4.89. The van der Waals surface area contributed by atoms with E-state index in [4.69, 9.17) is 0 Å². The van der Waals surface area contributed by atoms with Crippen LogP contribution in [0, 0.1) is 17.8 Å². The third-order valence-corrected chi connectivity index (χ3v) is 5.32. The van der Waals surface area contributed by atoms with Crippen molar-refractivity contribution in [2.24, 2.45) is 17.8 Å². The van der Waals surface area contributed by atoms with Crippen molar-refractivity contribution in [2.75, 3.05) is 6.54 Å². The van der Waals surface area contributed by atoms with Gasteiger partial charge in [0.05, 0.1) is 0 Å². The molecule has 114 valence electrons. The van der Waals surface area contributed by atoms with Crippen LogP contribution in [0.1, 0.15) is 50.6 Å². The van der Waals surface area contributed by atoms with Crippen LogP contribution in [0.4, 0.5) is 0 Å². The van der Waals surface area contributed by atoms with Crippen molar-refractivity contribution in [3.8, 4) is 0 Å². The van der Waals surface area contributed by atoms with Crippen molar-refractivity contribution in [2.45, 2.75) is 51.4 Å². The van der Waals surface area contributed by atoms with Crippen LogP contribution in [-0.2, 0) is 11.2 Å². The average molecular weight is 286 g/mol. The second-order valence-electron chi connectivity index (χ2n) is 6.61. The molecule has 3 nitrogen and oxygen atoms in total. The lowest BCUT2D eigenvalue weighted by Gasteiger charge is -2.40. The van der Waals surface area contributed by atoms with E-state index in [1.165, 1.54) is 38.5 Å². The number of amides is 1. The molecule has 0 aliphatic heterocycles. The van der Waals surface area contributed by atoms with Gasteiger partial charge in [0.15, 0.2) is 0 Å². The van der Waals surface area contributed by atoms with Gasteiger partial charge in [-0.05, 0) is 36.8 Å². The predicted octanol–water partition coefficient (Wildman–Crippen LogP) is 3.35. The molecular weight excluding hydrogens is 260 g/mol. The Morgan fingerprint density at radius 2 is 2.00 bits per heavy atom. The Labute approximate surface area is 127 Å². The van der Waals surface area contributed by atoms with E-state index in [-0.39, 0.29) is 5.92 Å². The summed E-state index contributed by atoms with van der Waals surface area (Å²) in [6.45, 7) is 0.712. The summed E-state index contributed by atoms with van der Waals surface area (Å²) in [6, 6.07) is 5.94. The topological polar surface area (TPSA) is 42.0 Å². The molecule has 3 atom stereocenters. The summed E-state index contributed by atoms with van der Waals surface area (Å²) in [5.74, 6) is 2.04. The Bertz CT molecular complexity index is 458. The summed E-state index contributed by atoms with van der Waals surface area (Å²) < 4.78 is 0. The lowest BCUT2D eigenvalue weighted by atomic mass is 9.65. The summed E-state index contributed by atoms with van der Waals surface area (Å²) >= 11 is 0. The molecule has 2 aliphatic carbocycles. The van der Waals surface area contributed by atoms with Crippen LogP contribution in [0.3, 0.4) is 0 Å². The van der Waals surface area contributed by atoms with Crippen LogP contribution >= 0.6 is 0 Å². The third-order valence-electron chi connectivity index (χ3n) is 5.32. The van der Waals surface area contributed by atoms with E-state index in [1.54, 1.807) is 0 Å². The van der Waals surface area contributed by atoms with E-state index in [0.29, 0.717) is 18.4 Å². The second-order valence-corrected chi connectivity index (χ2v) is 6.61. The molecule has 2 aliphatic rings. The van der Waals surface area contributed by atoms with Crippen molar-refractivity contribution in [1.29, 1.82) is 0 Å². The first kappa shape index (κ1) is 14.6. The standard InChI is InChI=1S/C18H26N2O/c21-18(20-13-11-15-8-3-4-12-19-15)17-10-5-7-14-6-1-2-9-16(14)17/h3-4,8,12,14,16-17H,1-2,5-7,9-11,13H2,(H,20,21)/t14-,16+,17-/m1/s1. The fourth-order valence-corrected chi connectivity index (χ4v) is 4.25. The Morgan fingerprint density at radius 3 is 2.86 bits per heavy atom. The number of nitrogens with zero attached hydrogens (tertiary/aromatic N) is 1. The minimum Gasteiger partial charge on any atom is -0.355 e. The molecule has 1 heterocycles. The van der Waals surface area contributed by atoms with E-state index >= 15 is 0 Å². The fourth-order valence-electron chi connectivity index (χ4n) is 4.25. The van der Waals surface area contributed by atoms with Crippen LogP contribution in [0.25, 0.3) is 0 Å². The molecule has 0 spiro atoms. The molecule has 1 aromatic rings. The first-order valence-electron chi connectivity index (χ1n) is 8.52. The summed E-state index contributed by atoms with van der Waals surface area (Å²) in [5.41, 5.74) is 1.05. The third kappa shape index (κ3) is 3.63. The summed E-state index contributed by atoms with van der Waals surface area (Å²) in [5, 5.41) is 3.15. The van der Waals surface area contributed by atoms with Gasteiger partial charge in [0.25, 0.3) is 0 Å². The van der Waals surface area contributed by atoms with Gasteiger partial charge in [-0.15, -0.1) is 0 Å². The molecule has 2 saturated carbocycles. The van der Waals surface area contributed by atoms with Gasteiger partial charge in [-0.1, -0.05) is 38.2 Å². The largest absolute Gasteiger partial charge is 0.355 e. The number of hydrogen-bond acceptors (Lipinski definition) is 2. The highest BCUT2D eigenvalue weighted by Gasteiger charge is 2.38. The van der Waals surface area contributed by atoms with Crippen LogP contribution in [0.2, 0.25) is 0 Å². The van der Waals surface area contributed by atoms with Crippen LogP contribution in [0.5, 0.6) is 0 Å². The molecule has 0 aromatic carbocycles. The van der Waals surface area contributed by atoms with E-state index in [2.05, 4.69) is 10.3 Å². The van der Waals surface area contributed by atoms with Gasteiger partial charge in [-0.3, -0.25) is 9.78 Å². The van der Waals surface area contributed by atoms with Crippen molar-refractivity contribution in [1.82, 2.24) is 10.3 Å². The van der Waals surface area contributed by atoms with E-state index in [0.717, 1.165) is 24.5 Å². The summed E-state index contributed by atoms with van der Waals surface area (Å²) in [4.78, 5) is 16.8. The van der Waals surface area contributed by atoms with Gasteiger partial charge in [-0.25, -0.2) is 0 Å². The molecule has 21 heavy (non-hydrogen) atoms. The Hall–Kier alpha value is -1.38. The lowest BCUT2D eigenvalue weighted by Crippen LogP contribution is -2.41. The number of carbonyl (C=O) groups excluding carboxylic acids is 1.